The largest absolute Gasteiger partial charge is 0.416 e. The lowest BCUT2D eigenvalue weighted by molar-refractivity contribution is -0.143. The van der Waals surface area contributed by atoms with Gasteiger partial charge in [0.25, 0.3) is 0 Å². The molecule has 0 fully saturated rings. The Morgan fingerprint density at radius 1 is 0.926 bits per heavy atom. The maximum atomic E-state index is 13.4. The van der Waals surface area contributed by atoms with E-state index in [0.29, 0.717) is 22.9 Å². The van der Waals surface area contributed by atoms with Crippen molar-refractivity contribution in [3.8, 4) is 0 Å². The monoisotopic (exact) mass is 388 g/mol. The number of aliphatic hydroxyl groups is 1. The predicted octanol–water partition coefficient (Wildman–Crippen LogP) is 4.66. The molecule has 0 spiro atoms. The van der Waals surface area contributed by atoms with Gasteiger partial charge in [0.05, 0.1) is 28.8 Å². The van der Waals surface area contributed by atoms with Gasteiger partial charge in [-0.1, -0.05) is 18.2 Å². The van der Waals surface area contributed by atoms with Crippen LogP contribution in [-0.2, 0) is 25.3 Å². The van der Waals surface area contributed by atoms with Crippen LogP contribution in [0.25, 0.3) is 11.0 Å². The summed E-state index contributed by atoms with van der Waals surface area (Å²) < 4.78 is 80.1. The number of aliphatic hydroxyl groups excluding tert-OH is 1. The van der Waals surface area contributed by atoms with Crippen LogP contribution in [0, 0.1) is 0 Å². The lowest BCUT2D eigenvalue weighted by atomic mass is 10.0. The van der Waals surface area contributed by atoms with E-state index >= 15 is 0 Å². The molecular formula is C18H14F6N2O. The maximum Gasteiger partial charge on any atom is 0.416 e. The lowest BCUT2D eigenvalue weighted by Gasteiger charge is -2.17. The third kappa shape index (κ3) is 3.92. The number of rotatable bonds is 4. The molecule has 0 saturated carbocycles. The van der Waals surface area contributed by atoms with E-state index in [4.69, 9.17) is 0 Å². The fourth-order valence-corrected chi connectivity index (χ4v) is 2.92. The molecule has 0 aliphatic carbocycles. The van der Waals surface area contributed by atoms with Crippen LogP contribution in [0.2, 0.25) is 0 Å². The molecule has 0 unspecified atom stereocenters. The summed E-state index contributed by atoms with van der Waals surface area (Å²) in [5.41, 5.74) is -1.94. The highest BCUT2D eigenvalue weighted by molar-refractivity contribution is 5.76. The van der Waals surface area contributed by atoms with Crippen LogP contribution in [0.15, 0.2) is 42.5 Å². The Bertz CT molecular complexity index is 959. The van der Waals surface area contributed by atoms with E-state index in [1.165, 1.54) is 4.57 Å². The van der Waals surface area contributed by atoms with Crippen LogP contribution in [0.4, 0.5) is 26.3 Å². The maximum absolute atomic E-state index is 13.4. The van der Waals surface area contributed by atoms with Crippen molar-refractivity contribution < 1.29 is 31.4 Å². The van der Waals surface area contributed by atoms with Gasteiger partial charge >= 0.3 is 12.4 Å². The minimum absolute atomic E-state index is 0.108. The number of para-hydroxylation sites is 2. The number of hydrogen-bond donors (Lipinski definition) is 1. The Labute approximate surface area is 149 Å². The zero-order valence-corrected chi connectivity index (χ0v) is 13.8. The van der Waals surface area contributed by atoms with Gasteiger partial charge < -0.3 is 9.67 Å². The number of benzene rings is 2. The molecule has 0 aliphatic heterocycles. The van der Waals surface area contributed by atoms with Crippen LogP contribution in [0.1, 0.15) is 22.5 Å². The molecule has 0 amide bonds. The number of halogens is 6. The highest BCUT2D eigenvalue weighted by atomic mass is 19.4. The van der Waals surface area contributed by atoms with E-state index in [1.54, 1.807) is 24.3 Å². The summed E-state index contributed by atoms with van der Waals surface area (Å²) in [6, 6.07) is 8.31. The molecule has 0 aliphatic rings. The van der Waals surface area contributed by atoms with Crippen molar-refractivity contribution in [2.24, 2.45) is 0 Å². The number of nitrogens with zero attached hydrogens (tertiary/aromatic N) is 2. The summed E-state index contributed by atoms with van der Waals surface area (Å²) in [7, 11) is 0. The van der Waals surface area contributed by atoms with Gasteiger partial charge in [0, 0.05) is 13.0 Å². The second kappa shape index (κ2) is 6.88. The Morgan fingerprint density at radius 2 is 1.63 bits per heavy atom. The highest BCUT2D eigenvalue weighted by Gasteiger charge is 2.38. The average molecular weight is 388 g/mol. The fraction of sp³-hybridized carbons (Fsp3) is 0.278. The molecule has 3 aromatic rings. The second-order valence-corrected chi connectivity index (χ2v) is 5.94. The average Bonchev–Trinajstić information content (AvgIpc) is 2.91. The topological polar surface area (TPSA) is 38.1 Å². The highest BCUT2D eigenvalue weighted by Crippen LogP contribution is 2.38. The number of aromatic nitrogens is 2. The SMILES string of the molecule is OCCc1nc2ccccc2n1Cc1ccc(C(F)(F)F)cc1C(F)(F)F. The molecule has 144 valence electrons. The Kier molecular flexibility index (Phi) is 4.90. The first-order valence-corrected chi connectivity index (χ1v) is 7.93. The van der Waals surface area contributed by atoms with E-state index in [9.17, 15) is 31.4 Å². The molecule has 0 saturated heterocycles. The summed E-state index contributed by atoms with van der Waals surface area (Å²) >= 11 is 0. The first-order valence-electron chi connectivity index (χ1n) is 7.93. The Hall–Kier alpha value is -2.55. The zero-order chi connectivity index (χ0) is 19.8. The van der Waals surface area contributed by atoms with Crippen molar-refractivity contribution in [1.82, 2.24) is 9.55 Å². The molecule has 1 heterocycles. The normalized spacial score (nSPS) is 12.7. The van der Waals surface area contributed by atoms with Crippen molar-refractivity contribution >= 4 is 11.0 Å². The minimum atomic E-state index is -4.94. The van der Waals surface area contributed by atoms with E-state index < -0.39 is 23.5 Å². The minimum Gasteiger partial charge on any atom is -0.396 e. The molecule has 27 heavy (non-hydrogen) atoms. The van der Waals surface area contributed by atoms with Gasteiger partial charge in [-0.05, 0) is 29.8 Å². The Balaban J connectivity index is 2.13. The molecule has 3 nitrogen and oxygen atoms in total. The molecule has 1 aromatic heterocycles. The third-order valence-corrected chi connectivity index (χ3v) is 4.14. The van der Waals surface area contributed by atoms with Gasteiger partial charge in [-0.15, -0.1) is 0 Å². The van der Waals surface area contributed by atoms with Crippen molar-refractivity contribution in [2.45, 2.75) is 25.3 Å². The third-order valence-electron chi connectivity index (χ3n) is 4.14. The summed E-state index contributed by atoms with van der Waals surface area (Å²) in [5, 5.41) is 9.19. The summed E-state index contributed by atoms with van der Waals surface area (Å²) in [6.45, 7) is -0.578. The van der Waals surface area contributed by atoms with Gasteiger partial charge in [0.15, 0.2) is 0 Å². The smallest absolute Gasteiger partial charge is 0.396 e. The van der Waals surface area contributed by atoms with Crippen molar-refractivity contribution in [2.75, 3.05) is 6.61 Å². The molecule has 0 atom stereocenters. The Morgan fingerprint density at radius 3 is 2.26 bits per heavy atom. The van der Waals surface area contributed by atoms with Gasteiger partial charge in [0.2, 0.25) is 0 Å². The van der Waals surface area contributed by atoms with Crippen LogP contribution in [0.3, 0.4) is 0 Å². The molecule has 1 N–H and O–H groups in total. The quantitative estimate of drug-likeness (QED) is 0.661. The van der Waals surface area contributed by atoms with Crippen LogP contribution in [-0.4, -0.2) is 21.3 Å². The first-order chi connectivity index (χ1) is 12.6. The van der Waals surface area contributed by atoms with Gasteiger partial charge in [-0.2, -0.15) is 26.3 Å². The second-order valence-electron chi connectivity index (χ2n) is 5.94. The summed E-state index contributed by atoms with van der Waals surface area (Å²) in [4.78, 5) is 4.29. The molecule has 2 aromatic carbocycles. The van der Waals surface area contributed by atoms with Gasteiger partial charge in [-0.3, -0.25) is 0 Å². The van der Waals surface area contributed by atoms with Crippen molar-refractivity contribution in [3.05, 3.63) is 65.0 Å². The summed E-state index contributed by atoms with van der Waals surface area (Å²) in [6.07, 6.45) is -9.71. The van der Waals surface area contributed by atoms with E-state index in [0.717, 1.165) is 6.07 Å². The van der Waals surface area contributed by atoms with Crippen LogP contribution < -0.4 is 0 Å². The number of hydrogen-bond acceptors (Lipinski definition) is 2. The first kappa shape index (κ1) is 19.2. The van der Waals surface area contributed by atoms with Crippen molar-refractivity contribution in [3.63, 3.8) is 0 Å². The number of alkyl halides is 6. The van der Waals surface area contributed by atoms with E-state index in [-0.39, 0.29) is 31.2 Å². The lowest BCUT2D eigenvalue weighted by Crippen LogP contribution is -2.16. The molecule has 0 radical (unpaired) electrons. The van der Waals surface area contributed by atoms with Gasteiger partial charge in [-0.25, -0.2) is 4.98 Å². The van der Waals surface area contributed by atoms with Crippen LogP contribution in [0.5, 0.6) is 0 Å². The van der Waals surface area contributed by atoms with Crippen molar-refractivity contribution in [1.29, 1.82) is 0 Å². The predicted molar refractivity (Wildman–Crippen MR) is 86.1 cm³/mol. The van der Waals surface area contributed by atoms with E-state index in [2.05, 4.69) is 4.98 Å². The van der Waals surface area contributed by atoms with E-state index in [1.807, 2.05) is 0 Å². The number of fused-ring (bicyclic) bond motifs is 1. The molecule has 9 heteroatoms. The van der Waals surface area contributed by atoms with Crippen LogP contribution >= 0.6 is 0 Å². The standard InChI is InChI=1S/C18H14F6N2O/c19-17(20,21)12-6-5-11(13(9-12)18(22,23)24)10-26-15-4-2-1-3-14(15)25-16(26)7-8-27/h1-6,9,27H,7-8,10H2. The fourth-order valence-electron chi connectivity index (χ4n) is 2.92. The summed E-state index contributed by atoms with van der Waals surface area (Å²) in [5.74, 6) is 0.353. The molecule has 0 bridgehead atoms. The van der Waals surface area contributed by atoms with Gasteiger partial charge in [0.1, 0.15) is 5.82 Å². The molecule has 3 rings (SSSR count). The molecular weight excluding hydrogens is 374 g/mol. The number of imidazole rings is 1. The zero-order valence-electron chi connectivity index (χ0n) is 13.8.